The van der Waals surface area contributed by atoms with Crippen LogP contribution < -0.4 is 5.73 Å². The smallest absolute Gasteiger partial charge is 0.0598 e. The fourth-order valence-electron chi connectivity index (χ4n) is 1.37. The lowest BCUT2D eigenvalue weighted by molar-refractivity contribution is 0.299. The number of nitrogens with zero attached hydrogens (tertiary/aromatic N) is 1. The molecule has 2 heteroatoms. The lowest BCUT2D eigenvalue weighted by Gasteiger charge is -2.18. The maximum absolute atomic E-state index is 5.42. The summed E-state index contributed by atoms with van der Waals surface area (Å²) >= 11 is 0. The highest BCUT2D eigenvalue weighted by molar-refractivity contribution is 4.87. The van der Waals surface area contributed by atoms with E-state index in [-0.39, 0.29) is 0 Å². The van der Waals surface area contributed by atoms with Gasteiger partial charge >= 0.3 is 0 Å². The van der Waals surface area contributed by atoms with Crippen LogP contribution in [0.25, 0.3) is 0 Å². The molecular weight excluding hydrogens is 160 g/mol. The summed E-state index contributed by atoms with van der Waals surface area (Å²) < 4.78 is 0. The first kappa shape index (κ1) is 12.5. The highest BCUT2D eigenvalue weighted by atomic mass is 15.1. The predicted molar refractivity (Wildman–Crippen MR) is 58.5 cm³/mol. The molecule has 0 aromatic carbocycles. The molecule has 0 fully saturated rings. The molecule has 0 atom stereocenters. The third-order valence-corrected chi connectivity index (χ3v) is 2.03. The standard InChI is InChI=1S/C11H22N2/c1-3-9-13(10-4-2)11-7-5-6-8-12/h1H,4-12H2,2H3. The van der Waals surface area contributed by atoms with Gasteiger partial charge in [0.1, 0.15) is 0 Å². The number of unbranched alkanes of at least 4 members (excludes halogenated alkanes) is 2. The summed E-state index contributed by atoms with van der Waals surface area (Å²) in [6.07, 6.45) is 10.0. The van der Waals surface area contributed by atoms with Crippen LogP contribution in [0.5, 0.6) is 0 Å². The molecule has 0 amide bonds. The first-order valence-corrected chi connectivity index (χ1v) is 5.21. The van der Waals surface area contributed by atoms with Gasteiger partial charge in [0.25, 0.3) is 0 Å². The molecule has 0 aromatic rings. The Morgan fingerprint density at radius 1 is 1.23 bits per heavy atom. The number of hydrogen-bond donors (Lipinski definition) is 1. The third kappa shape index (κ3) is 7.83. The quantitative estimate of drug-likeness (QED) is 0.455. The fourth-order valence-corrected chi connectivity index (χ4v) is 1.37. The fraction of sp³-hybridized carbons (Fsp3) is 0.818. The van der Waals surface area contributed by atoms with E-state index in [0.29, 0.717) is 0 Å². The van der Waals surface area contributed by atoms with Crippen LogP contribution in [0.2, 0.25) is 0 Å². The number of rotatable bonds is 8. The summed E-state index contributed by atoms with van der Waals surface area (Å²) in [6, 6.07) is 0. The average molecular weight is 182 g/mol. The van der Waals surface area contributed by atoms with E-state index in [9.17, 15) is 0 Å². The van der Waals surface area contributed by atoms with E-state index in [1.807, 2.05) is 0 Å². The van der Waals surface area contributed by atoms with Gasteiger partial charge in [0, 0.05) is 0 Å². The Labute approximate surface area is 82.5 Å². The highest BCUT2D eigenvalue weighted by Gasteiger charge is 2.00. The van der Waals surface area contributed by atoms with Crippen molar-refractivity contribution in [3.8, 4) is 12.3 Å². The van der Waals surface area contributed by atoms with Crippen molar-refractivity contribution in [1.29, 1.82) is 0 Å². The second-order valence-corrected chi connectivity index (χ2v) is 3.33. The summed E-state index contributed by atoms with van der Waals surface area (Å²) in [7, 11) is 0. The third-order valence-electron chi connectivity index (χ3n) is 2.03. The molecule has 0 radical (unpaired) electrons. The molecular formula is C11H22N2. The zero-order valence-corrected chi connectivity index (χ0v) is 8.76. The Morgan fingerprint density at radius 3 is 2.54 bits per heavy atom. The van der Waals surface area contributed by atoms with E-state index in [2.05, 4.69) is 17.7 Å². The molecule has 0 heterocycles. The summed E-state index contributed by atoms with van der Waals surface area (Å²) in [4.78, 5) is 2.33. The summed E-state index contributed by atoms with van der Waals surface area (Å²) in [6.45, 7) is 6.02. The molecule has 0 aliphatic heterocycles. The molecule has 2 N–H and O–H groups in total. The van der Waals surface area contributed by atoms with Gasteiger partial charge in [0.15, 0.2) is 0 Å². The van der Waals surface area contributed by atoms with E-state index >= 15 is 0 Å². The van der Waals surface area contributed by atoms with Crippen LogP contribution in [0.4, 0.5) is 0 Å². The normalized spacial score (nSPS) is 10.3. The van der Waals surface area contributed by atoms with Gasteiger partial charge in [-0.3, -0.25) is 4.90 Å². The van der Waals surface area contributed by atoms with Gasteiger partial charge in [-0.05, 0) is 38.9 Å². The van der Waals surface area contributed by atoms with Crippen LogP contribution in [0.1, 0.15) is 32.6 Å². The van der Waals surface area contributed by atoms with Crippen molar-refractivity contribution < 1.29 is 0 Å². The van der Waals surface area contributed by atoms with E-state index in [4.69, 9.17) is 12.2 Å². The van der Waals surface area contributed by atoms with Gasteiger partial charge in [-0.2, -0.15) is 0 Å². The van der Waals surface area contributed by atoms with Crippen LogP contribution in [0.3, 0.4) is 0 Å². The van der Waals surface area contributed by atoms with E-state index in [1.165, 1.54) is 19.3 Å². The van der Waals surface area contributed by atoms with Crippen molar-refractivity contribution in [2.24, 2.45) is 5.73 Å². The summed E-state index contributed by atoms with van der Waals surface area (Å²) in [5, 5.41) is 0. The molecule has 0 saturated heterocycles. The lowest BCUT2D eigenvalue weighted by Crippen LogP contribution is -2.26. The summed E-state index contributed by atoms with van der Waals surface area (Å²) in [5.74, 6) is 2.69. The molecule has 2 nitrogen and oxygen atoms in total. The Bertz CT molecular complexity index is 138. The Morgan fingerprint density at radius 2 is 2.00 bits per heavy atom. The van der Waals surface area contributed by atoms with E-state index in [1.54, 1.807) is 0 Å². The molecule has 0 aliphatic carbocycles. The van der Waals surface area contributed by atoms with Crippen molar-refractivity contribution in [2.75, 3.05) is 26.2 Å². The van der Waals surface area contributed by atoms with Gasteiger partial charge in [-0.25, -0.2) is 0 Å². The Hall–Kier alpha value is -0.520. The van der Waals surface area contributed by atoms with Crippen molar-refractivity contribution >= 4 is 0 Å². The van der Waals surface area contributed by atoms with Crippen LogP contribution in [0, 0.1) is 12.3 Å². The van der Waals surface area contributed by atoms with Crippen LogP contribution >= 0.6 is 0 Å². The molecule has 0 aromatic heterocycles. The molecule has 0 saturated carbocycles. The number of hydrogen-bond acceptors (Lipinski definition) is 2. The van der Waals surface area contributed by atoms with Crippen molar-refractivity contribution in [1.82, 2.24) is 4.90 Å². The topological polar surface area (TPSA) is 29.3 Å². The van der Waals surface area contributed by atoms with Crippen molar-refractivity contribution in [3.63, 3.8) is 0 Å². The molecule has 0 unspecified atom stereocenters. The highest BCUT2D eigenvalue weighted by Crippen LogP contribution is 1.98. The van der Waals surface area contributed by atoms with Crippen LogP contribution in [-0.2, 0) is 0 Å². The van der Waals surface area contributed by atoms with Gasteiger partial charge in [-0.1, -0.05) is 19.3 Å². The SMILES string of the molecule is C#CCN(CCC)CCCCCN. The van der Waals surface area contributed by atoms with E-state index < -0.39 is 0 Å². The maximum atomic E-state index is 5.42. The Balaban J connectivity index is 3.40. The van der Waals surface area contributed by atoms with Gasteiger partial charge in [0.05, 0.1) is 6.54 Å². The maximum Gasteiger partial charge on any atom is 0.0598 e. The molecule has 0 aliphatic rings. The lowest BCUT2D eigenvalue weighted by atomic mass is 10.2. The van der Waals surface area contributed by atoms with Crippen molar-refractivity contribution in [2.45, 2.75) is 32.6 Å². The summed E-state index contributed by atoms with van der Waals surface area (Å²) in [5.41, 5.74) is 5.42. The molecule has 0 spiro atoms. The molecule has 0 bridgehead atoms. The van der Waals surface area contributed by atoms with Crippen LogP contribution in [-0.4, -0.2) is 31.1 Å². The van der Waals surface area contributed by atoms with Crippen LogP contribution in [0.15, 0.2) is 0 Å². The number of nitrogens with two attached hydrogens (primary N) is 1. The largest absolute Gasteiger partial charge is 0.330 e. The first-order valence-electron chi connectivity index (χ1n) is 5.21. The average Bonchev–Trinajstić information content (AvgIpc) is 2.13. The monoisotopic (exact) mass is 182 g/mol. The second kappa shape index (κ2) is 9.57. The minimum Gasteiger partial charge on any atom is -0.330 e. The minimum atomic E-state index is 0.788. The zero-order valence-electron chi connectivity index (χ0n) is 8.76. The van der Waals surface area contributed by atoms with E-state index in [0.717, 1.165) is 32.6 Å². The van der Waals surface area contributed by atoms with Gasteiger partial charge in [-0.15, -0.1) is 6.42 Å². The predicted octanol–water partition coefficient (Wildman–Crippen LogP) is 1.46. The van der Waals surface area contributed by atoms with Gasteiger partial charge in [0.2, 0.25) is 0 Å². The van der Waals surface area contributed by atoms with Gasteiger partial charge < -0.3 is 5.73 Å². The first-order chi connectivity index (χ1) is 6.35. The molecule has 76 valence electrons. The molecule has 13 heavy (non-hydrogen) atoms. The minimum absolute atomic E-state index is 0.788. The Kier molecular flexibility index (Phi) is 9.18. The number of terminal acetylenes is 1. The zero-order chi connectivity index (χ0) is 9.94. The van der Waals surface area contributed by atoms with Crippen molar-refractivity contribution in [3.05, 3.63) is 0 Å². The molecule has 0 rings (SSSR count). The second-order valence-electron chi connectivity index (χ2n) is 3.33.